The maximum atomic E-state index is 12.7. The van der Waals surface area contributed by atoms with Crippen molar-refractivity contribution in [2.75, 3.05) is 0 Å². The number of aryl methyl sites for hydroxylation is 1. The summed E-state index contributed by atoms with van der Waals surface area (Å²) in [4.78, 5) is 14.2. The molecule has 0 saturated heterocycles. The molecule has 2 heterocycles. The minimum atomic E-state index is -0.275. The largest absolute Gasteiger partial charge is 0.281 e. The van der Waals surface area contributed by atoms with Crippen LogP contribution in [0.15, 0.2) is 27.8 Å². The zero-order valence-electron chi connectivity index (χ0n) is 9.94. The smallest absolute Gasteiger partial charge is 0.266 e. The van der Waals surface area contributed by atoms with Gasteiger partial charge in [0.25, 0.3) is 5.91 Å². The first-order valence-corrected chi connectivity index (χ1v) is 7.89. The Hall–Kier alpha value is -1.05. The van der Waals surface area contributed by atoms with E-state index in [0.29, 0.717) is 9.75 Å². The van der Waals surface area contributed by atoms with Gasteiger partial charge in [0.15, 0.2) is 5.13 Å². The number of halogens is 2. The molecule has 2 aromatic rings. The van der Waals surface area contributed by atoms with Crippen LogP contribution in [0.5, 0.6) is 0 Å². The summed E-state index contributed by atoms with van der Waals surface area (Å²) in [5.41, 5.74) is 2.43. The van der Waals surface area contributed by atoms with E-state index in [0.717, 1.165) is 27.1 Å². The van der Waals surface area contributed by atoms with E-state index in [1.165, 1.54) is 23.6 Å². The number of thiophene rings is 2. The number of hydrazone groups is 1. The van der Waals surface area contributed by atoms with Crippen molar-refractivity contribution >= 4 is 50.7 Å². The molecular formula is C12H10BrFN2OS2. The Morgan fingerprint density at radius 2 is 2.32 bits per heavy atom. The van der Waals surface area contributed by atoms with Gasteiger partial charge in [-0.25, -0.2) is 5.43 Å². The van der Waals surface area contributed by atoms with Gasteiger partial charge < -0.3 is 0 Å². The molecule has 0 radical (unpaired) electrons. The average molecular weight is 361 g/mol. The van der Waals surface area contributed by atoms with Crippen LogP contribution in [0, 0.1) is 5.13 Å². The lowest BCUT2D eigenvalue weighted by Gasteiger charge is -1.94. The molecule has 100 valence electrons. The molecule has 19 heavy (non-hydrogen) atoms. The van der Waals surface area contributed by atoms with Crippen LogP contribution in [0.25, 0.3) is 0 Å². The molecule has 2 aromatic heterocycles. The lowest BCUT2D eigenvalue weighted by atomic mass is 10.3. The summed E-state index contributed by atoms with van der Waals surface area (Å²) in [5.74, 6) is -0.265. The highest BCUT2D eigenvalue weighted by atomic mass is 79.9. The lowest BCUT2D eigenvalue weighted by molar-refractivity contribution is 0.0959. The van der Waals surface area contributed by atoms with Crippen LogP contribution in [0.3, 0.4) is 0 Å². The fraction of sp³-hybridized carbons (Fsp3) is 0.167. The van der Waals surface area contributed by atoms with E-state index in [2.05, 4.69) is 26.5 Å². The van der Waals surface area contributed by atoms with E-state index in [-0.39, 0.29) is 11.0 Å². The van der Waals surface area contributed by atoms with Crippen molar-refractivity contribution in [3.63, 3.8) is 0 Å². The van der Waals surface area contributed by atoms with Gasteiger partial charge in [0.2, 0.25) is 0 Å². The number of amides is 1. The number of hydrogen-bond acceptors (Lipinski definition) is 4. The van der Waals surface area contributed by atoms with Crippen LogP contribution in [0.1, 0.15) is 26.3 Å². The van der Waals surface area contributed by atoms with Crippen molar-refractivity contribution in [3.8, 4) is 0 Å². The number of carbonyl (C=O) groups excluding carboxylic acids is 1. The second kappa shape index (κ2) is 6.40. The Kier molecular flexibility index (Phi) is 4.84. The monoisotopic (exact) mass is 360 g/mol. The van der Waals surface area contributed by atoms with Gasteiger partial charge in [-0.15, -0.1) is 22.7 Å². The molecule has 0 aliphatic heterocycles. The highest BCUT2D eigenvalue weighted by Crippen LogP contribution is 2.27. The minimum Gasteiger partial charge on any atom is -0.266 e. The maximum Gasteiger partial charge on any atom is 0.281 e. The van der Waals surface area contributed by atoms with Gasteiger partial charge in [-0.05, 0) is 40.5 Å². The van der Waals surface area contributed by atoms with Gasteiger partial charge in [-0.2, -0.15) is 9.49 Å². The first-order valence-electron chi connectivity index (χ1n) is 5.47. The third-order valence-electron chi connectivity index (χ3n) is 2.25. The third kappa shape index (κ3) is 3.71. The van der Waals surface area contributed by atoms with Crippen LogP contribution in [0.2, 0.25) is 0 Å². The standard InChI is InChI=1S/C12H10BrFN2OS2/c1-2-9-8(13)5-10(19-9)12(17)16-15-6-7-3-4-11(14)18-7/h3-6H,2H2,1H3,(H,16,17)/b15-6+. The predicted molar refractivity (Wildman–Crippen MR) is 80.7 cm³/mol. The number of hydrogen-bond donors (Lipinski definition) is 1. The quantitative estimate of drug-likeness (QED) is 0.648. The van der Waals surface area contributed by atoms with Crippen molar-refractivity contribution in [1.29, 1.82) is 0 Å². The molecule has 0 unspecified atom stereocenters. The van der Waals surface area contributed by atoms with E-state index >= 15 is 0 Å². The Labute approximate surface area is 126 Å². The van der Waals surface area contributed by atoms with Crippen molar-refractivity contribution in [3.05, 3.63) is 42.4 Å². The van der Waals surface area contributed by atoms with E-state index < -0.39 is 0 Å². The molecule has 3 nitrogen and oxygen atoms in total. The molecule has 0 bridgehead atoms. The SMILES string of the molecule is CCc1sc(C(=O)N/N=C/c2ccc(F)s2)cc1Br. The second-order valence-electron chi connectivity index (χ2n) is 3.58. The van der Waals surface area contributed by atoms with Crippen molar-refractivity contribution in [1.82, 2.24) is 5.43 Å². The minimum absolute atomic E-state index is 0.265. The number of carbonyl (C=O) groups is 1. The molecule has 1 amide bonds. The molecule has 0 spiro atoms. The van der Waals surface area contributed by atoms with Crippen LogP contribution in [0.4, 0.5) is 4.39 Å². The van der Waals surface area contributed by atoms with Crippen LogP contribution in [-0.4, -0.2) is 12.1 Å². The Bertz CT molecular complexity index is 621. The summed E-state index contributed by atoms with van der Waals surface area (Å²) < 4.78 is 13.7. The molecule has 0 aliphatic carbocycles. The van der Waals surface area contributed by atoms with E-state index in [1.54, 1.807) is 12.1 Å². The van der Waals surface area contributed by atoms with Crippen LogP contribution >= 0.6 is 38.6 Å². The molecule has 0 fully saturated rings. The van der Waals surface area contributed by atoms with Gasteiger partial charge in [0.05, 0.1) is 16.0 Å². The number of rotatable bonds is 4. The topological polar surface area (TPSA) is 41.5 Å². The van der Waals surface area contributed by atoms with Gasteiger partial charge >= 0.3 is 0 Å². The van der Waals surface area contributed by atoms with Gasteiger partial charge in [0.1, 0.15) is 0 Å². The first kappa shape index (κ1) is 14.4. The van der Waals surface area contributed by atoms with Crippen LogP contribution < -0.4 is 5.43 Å². The highest BCUT2D eigenvalue weighted by Gasteiger charge is 2.11. The molecule has 7 heteroatoms. The zero-order chi connectivity index (χ0) is 13.8. The highest BCUT2D eigenvalue weighted by molar-refractivity contribution is 9.10. The molecule has 0 atom stereocenters. The van der Waals surface area contributed by atoms with E-state index in [1.807, 2.05) is 6.92 Å². The van der Waals surface area contributed by atoms with E-state index in [9.17, 15) is 9.18 Å². The molecule has 1 N–H and O–H groups in total. The molecule has 0 saturated carbocycles. The number of nitrogens with zero attached hydrogens (tertiary/aromatic N) is 1. The summed E-state index contributed by atoms with van der Waals surface area (Å²) in [6.07, 6.45) is 2.30. The molecular weight excluding hydrogens is 351 g/mol. The number of nitrogens with one attached hydrogen (secondary N) is 1. The normalized spacial score (nSPS) is 11.1. The van der Waals surface area contributed by atoms with Crippen molar-refractivity contribution in [2.24, 2.45) is 5.10 Å². The van der Waals surface area contributed by atoms with Crippen LogP contribution in [-0.2, 0) is 6.42 Å². The average Bonchev–Trinajstić information content (AvgIpc) is 2.95. The Morgan fingerprint density at radius 1 is 1.53 bits per heavy atom. The second-order valence-corrected chi connectivity index (χ2v) is 6.63. The fourth-order valence-electron chi connectivity index (χ4n) is 1.37. The summed E-state index contributed by atoms with van der Waals surface area (Å²) >= 11 is 5.81. The zero-order valence-corrected chi connectivity index (χ0v) is 13.2. The summed E-state index contributed by atoms with van der Waals surface area (Å²) in [6.45, 7) is 2.03. The summed E-state index contributed by atoms with van der Waals surface area (Å²) in [7, 11) is 0. The lowest BCUT2D eigenvalue weighted by Crippen LogP contribution is -2.15. The third-order valence-corrected chi connectivity index (χ3v) is 5.31. The van der Waals surface area contributed by atoms with E-state index in [4.69, 9.17) is 0 Å². The summed E-state index contributed by atoms with van der Waals surface area (Å²) in [5, 5.41) is 3.53. The Balaban J connectivity index is 1.99. The van der Waals surface area contributed by atoms with Crippen molar-refractivity contribution in [2.45, 2.75) is 13.3 Å². The van der Waals surface area contributed by atoms with Crippen molar-refractivity contribution < 1.29 is 9.18 Å². The summed E-state index contributed by atoms with van der Waals surface area (Å²) in [6, 6.07) is 4.74. The Morgan fingerprint density at radius 3 is 2.89 bits per heavy atom. The van der Waals surface area contributed by atoms with Gasteiger partial charge in [-0.1, -0.05) is 6.92 Å². The molecule has 2 rings (SSSR count). The maximum absolute atomic E-state index is 12.7. The predicted octanol–water partition coefficient (Wildman–Crippen LogP) is 4.04. The van der Waals surface area contributed by atoms with Gasteiger partial charge in [0, 0.05) is 9.35 Å². The molecule has 0 aromatic carbocycles. The first-order chi connectivity index (χ1) is 9.10. The fourth-order valence-corrected chi connectivity index (χ4v) is 3.75. The van der Waals surface area contributed by atoms with Gasteiger partial charge in [-0.3, -0.25) is 4.79 Å². The molecule has 0 aliphatic rings.